The molecule has 1 aromatic heterocycles. The molecule has 0 amide bonds. The molecular formula is C13H24N4. The quantitative estimate of drug-likeness (QED) is 0.817. The molecule has 0 saturated heterocycles. The molecule has 0 unspecified atom stereocenters. The second-order valence-electron chi connectivity index (χ2n) is 4.66. The average molecular weight is 236 g/mol. The highest BCUT2D eigenvalue weighted by atomic mass is 15.2. The van der Waals surface area contributed by atoms with E-state index >= 15 is 0 Å². The summed E-state index contributed by atoms with van der Waals surface area (Å²) in [6.07, 6.45) is 2.93. The van der Waals surface area contributed by atoms with Crippen LogP contribution in [0.2, 0.25) is 0 Å². The number of pyridine rings is 1. The van der Waals surface area contributed by atoms with E-state index in [4.69, 9.17) is 5.73 Å². The van der Waals surface area contributed by atoms with Gasteiger partial charge in [0.05, 0.1) is 5.69 Å². The third-order valence-corrected chi connectivity index (χ3v) is 2.80. The Morgan fingerprint density at radius 2 is 1.94 bits per heavy atom. The molecule has 0 aromatic carbocycles. The summed E-state index contributed by atoms with van der Waals surface area (Å²) in [5.74, 6) is 0.925. The molecule has 0 aliphatic heterocycles. The highest BCUT2D eigenvalue weighted by Crippen LogP contribution is 2.23. The van der Waals surface area contributed by atoms with Gasteiger partial charge in [0.15, 0.2) is 5.82 Å². The van der Waals surface area contributed by atoms with Crippen molar-refractivity contribution in [2.24, 2.45) is 0 Å². The van der Waals surface area contributed by atoms with Gasteiger partial charge in [0.1, 0.15) is 0 Å². The van der Waals surface area contributed by atoms with Crippen LogP contribution in [0.5, 0.6) is 0 Å². The van der Waals surface area contributed by atoms with Crippen molar-refractivity contribution in [2.75, 3.05) is 44.4 Å². The first-order chi connectivity index (χ1) is 8.06. The molecule has 1 aromatic rings. The van der Waals surface area contributed by atoms with Crippen molar-refractivity contribution in [1.29, 1.82) is 0 Å². The lowest BCUT2D eigenvalue weighted by Crippen LogP contribution is -2.33. The van der Waals surface area contributed by atoms with Crippen LogP contribution in [0, 0.1) is 6.92 Å². The number of aromatic nitrogens is 1. The lowest BCUT2D eigenvalue weighted by atomic mass is 10.2. The van der Waals surface area contributed by atoms with E-state index in [1.54, 1.807) is 0 Å². The number of likely N-dealkylation sites (N-methyl/N-ethyl adjacent to an activating group) is 1. The molecule has 1 heterocycles. The van der Waals surface area contributed by atoms with Crippen LogP contribution >= 0.6 is 0 Å². The van der Waals surface area contributed by atoms with E-state index in [1.165, 1.54) is 0 Å². The van der Waals surface area contributed by atoms with Crippen molar-refractivity contribution >= 4 is 11.5 Å². The summed E-state index contributed by atoms with van der Waals surface area (Å²) < 4.78 is 0. The number of rotatable bonds is 6. The van der Waals surface area contributed by atoms with Gasteiger partial charge in [-0.2, -0.15) is 0 Å². The lowest BCUT2D eigenvalue weighted by Gasteiger charge is -2.26. The number of hydrogen-bond donors (Lipinski definition) is 1. The third-order valence-electron chi connectivity index (χ3n) is 2.80. The maximum atomic E-state index is 6.10. The van der Waals surface area contributed by atoms with Crippen molar-refractivity contribution in [2.45, 2.75) is 20.3 Å². The van der Waals surface area contributed by atoms with Gasteiger partial charge in [0.25, 0.3) is 0 Å². The van der Waals surface area contributed by atoms with Gasteiger partial charge < -0.3 is 15.5 Å². The molecule has 1 rings (SSSR count). The van der Waals surface area contributed by atoms with Crippen molar-refractivity contribution in [1.82, 2.24) is 9.88 Å². The van der Waals surface area contributed by atoms with Crippen molar-refractivity contribution in [3.8, 4) is 0 Å². The topological polar surface area (TPSA) is 45.4 Å². The van der Waals surface area contributed by atoms with E-state index in [-0.39, 0.29) is 0 Å². The largest absolute Gasteiger partial charge is 0.396 e. The molecule has 0 radical (unpaired) electrons. The average Bonchev–Trinajstić information content (AvgIpc) is 2.28. The number of aryl methyl sites for hydroxylation is 1. The zero-order valence-corrected chi connectivity index (χ0v) is 11.4. The second-order valence-corrected chi connectivity index (χ2v) is 4.66. The third kappa shape index (κ3) is 3.89. The Balaban J connectivity index is 2.85. The number of anilines is 2. The number of nitrogens with zero attached hydrogens (tertiary/aromatic N) is 3. The molecular weight excluding hydrogens is 212 g/mol. The normalized spacial score (nSPS) is 10.9. The number of nitrogen functional groups attached to an aromatic ring is 1. The molecule has 0 atom stereocenters. The fraction of sp³-hybridized carbons (Fsp3) is 0.615. The van der Waals surface area contributed by atoms with Crippen molar-refractivity contribution in [3.63, 3.8) is 0 Å². The van der Waals surface area contributed by atoms with Gasteiger partial charge in [-0.25, -0.2) is 4.98 Å². The first kappa shape index (κ1) is 13.8. The van der Waals surface area contributed by atoms with E-state index in [9.17, 15) is 0 Å². The highest BCUT2D eigenvalue weighted by molar-refractivity contribution is 5.66. The molecule has 0 aliphatic carbocycles. The van der Waals surface area contributed by atoms with Crippen LogP contribution in [0.15, 0.2) is 12.3 Å². The molecule has 2 N–H and O–H groups in total. The Hall–Kier alpha value is -1.29. The van der Waals surface area contributed by atoms with Gasteiger partial charge in [-0.3, -0.25) is 0 Å². The zero-order chi connectivity index (χ0) is 12.8. The smallest absolute Gasteiger partial charge is 0.152 e. The van der Waals surface area contributed by atoms with Crippen molar-refractivity contribution < 1.29 is 0 Å². The van der Waals surface area contributed by atoms with Crippen LogP contribution in [-0.4, -0.2) is 43.6 Å². The molecule has 0 spiro atoms. The minimum absolute atomic E-state index is 0.805. The predicted octanol–water partition coefficient (Wildman–Crippen LogP) is 1.75. The van der Waals surface area contributed by atoms with Gasteiger partial charge in [-0.1, -0.05) is 6.92 Å². The summed E-state index contributed by atoms with van der Waals surface area (Å²) in [6.45, 7) is 7.16. The summed E-state index contributed by atoms with van der Waals surface area (Å²) >= 11 is 0. The van der Waals surface area contributed by atoms with Crippen LogP contribution in [0.25, 0.3) is 0 Å². The van der Waals surface area contributed by atoms with Crippen LogP contribution in [0.4, 0.5) is 11.5 Å². The van der Waals surface area contributed by atoms with E-state index < -0.39 is 0 Å². The van der Waals surface area contributed by atoms with Gasteiger partial charge in [-0.15, -0.1) is 0 Å². The van der Waals surface area contributed by atoms with Gasteiger partial charge in [0.2, 0.25) is 0 Å². The summed E-state index contributed by atoms with van der Waals surface area (Å²) in [5.41, 5.74) is 8.01. The van der Waals surface area contributed by atoms with Crippen LogP contribution in [0.3, 0.4) is 0 Å². The van der Waals surface area contributed by atoms with E-state index in [0.29, 0.717) is 0 Å². The number of nitrogens with two attached hydrogens (primary N) is 1. The first-order valence-corrected chi connectivity index (χ1v) is 6.17. The standard InChI is InChI=1S/C13H24N4/c1-5-8-17(10-9-16(3)4)13-12(14)11(2)6-7-15-13/h6-7H,5,8-10,14H2,1-4H3. The van der Waals surface area contributed by atoms with E-state index in [2.05, 4.69) is 35.8 Å². The van der Waals surface area contributed by atoms with Crippen LogP contribution in [-0.2, 0) is 0 Å². The summed E-state index contributed by atoms with van der Waals surface area (Å²) in [4.78, 5) is 8.86. The fourth-order valence-electron chi connectivity index (χ4n) is 1.72. The summed E-state index contributed by atoms with van der Waals surface area (Å²) in [5, 5.41) is 0. The van der Waals surface area contributed by atoms with Crippen LogP contribution < -0.4 is 10.6 Å². The Bertz CT molecular complexity index is 349. The Morgan fingerprint density at radius 3 is 2.53 bits per heavy atom. The zero-order valence-electron chi connectivity index (χ0n) is 11.4. The molecule has 0 fully saturated rings. The van der Waals surface area contributed by atoms with Gasteiger partial charge in [0, 0.05) is 25.8 Å². The SMILES string of the molecule is CCCN(CCN(C)C)c1nccc(C)c1N. The van der Waals surface area contributed by atoms with Gasteiger partial charge >= 0.3 is 0 Å². The minimum atomic E-state index is 0.805. The van der Waals surface area contributed by atoms with Gasteiger partial charge in [-0.05, 0) is 39.1 Å². The summed E-state index contributed by atoms with van der Waals surface area (Å²) in [7, 11) is 4.16. The lowest BCUT2D eigenvalue weighted by molar-refractivity contribution is 0.412. The van der Waals surface area contributed by atoms with E-state index in [1.807, 2.05) is 19.2 Å². The van der Waals surface area contributed by atoms with Crippen molar-refractivity contribution in [3.05, 3.63) is 17.8 Å². The Labute approximate surface area is 104 Å². The molecule has 17 heavy (non-hydrogen) atoms. The molecule has 0 aliphatic rings. The first-order valence-electron chi connectivity index (χ1n) is 6.17. The maximum Gasteiger partial charge on any atom is 0.152 e. The molecule has 96 valence electrons. The molecule has 0 saturated carbocycles. The fourth-order valence-corrected chi connectivity index (χ4v) is 1.72. The molecule has 4 heteroatoms. The predicted molar refractivity (Wildman–Crippen MR) is 74.4 cm³/mol. The van der Waals surface area contributed by atoms with E-state index in [0.717, 1.165) is 43.1 Å². The monoisotopic (exact) mass is 236 g/mol. The molecule has 0 bridgehead atoms. The Kier molecular flexibility index (Phi) is 5.22. The second kappa shape index (κ2) is 6.45. The number of hydrogen-bond acceptors (Lipinski definition) is 4. The maximum absolute atomic E-state index is 6.10. The summed E-state index contributed by atoms with van der Waals surface area (Å²) in [6, 6.07) is 1.95. The molecule has 4 nitrogen and oxygen atoms in total. The highest BCUT2D eigenvalue weighted by Gasteiger charge is 2.11. The van der Waals surface area contributed by atoms with Crippen LogP contribution in [0.1, 0.15) is 18.9 Å². The Morgan fingerprint density at radius 1 is 1.24 bits per heavy atom. The minimum Gasteiger partial charge on any atom is -0.396 e.